The maximum atomic E-state index is 11.9. The quantitative estimate of drug-likeness (QED) is 0.868. The van der Waals surface area contributed by atoms with Crippen LogP contribution in [0.15, 0.2) is 6.07 Å². The van der Waals surface area contributed by atoms with E-state index in [0.717, 1.165) is 22.4 Å². The Morgan fingerprint density at radius 3 is 3.19 bits per heavy atom. The molecule has 0 spiro atoms. The van der Waals surface area contributed by atoms with Crippen molar-refractivity contribution in [1.82, 2.24) is 5.32 Å². The summed E-state index contributed by atoms with van der Waals surface area (Å²) in [6.07, 6.45) is 1.12. The van der Waals surface area contributed by atoms with E-state index in [-0.39, 0.29) is 11.9 Å². The summed E-state index contributed by atoms with van der Waals surface area (Å²) < 4.78 is 0. The lowest BCUT2D eigenvalue weighted by Gasteiger charge is -2.08. The first-order chi connectivity index (χ1) is 7.70. The van der Waals surface area contributed by atoms with E-state index in [2.05, 4.69) is 27.3 Å². The lowest BCUT2D eigenvalue weighted by atomic mass is 10.2. The Bertz CT molecular complexity index is 368. The summed E-state index contributed by atoms with van der Waals surface area (Å²) >= 11 is 6.96. The van der Waals surface area contributed by atoms with Crippen LogP contribution in [0.5, 0.6) is 0 Å². The molecule has 88 valence electrons. The summed E-state index contributed by atoms with van der Waals surface area (Å²) in [5, 5.41) is 3.76. The number of fused-ring (bicyclic) bond motifs is 1. The van der Waals surface area contributed by atoms with Crippen molar-refractivity contribution in [3.8, 4) is 0 Å². The maximum Gasteiger partial charge on any atom is 0.261 e. The second-order valence-electron chi connectivity index (χ2n) is 3.89. The van der Waals surface area contributed by atoms with E-state index >= 15 is 0 Å². The SMILES string of the molecule is CC(CBr)NC(=O)c1cc2c(s1)CCSC2. The summed E-state index contributed by atoms with van der Waals surface area (Å²) in [5.74, 6) is 2.32. The van der Waals surface area contributed by atoms with Gasteiger partial charge in [-0.25, -0.2) is 0 Å². The zero-order valence-electron chi connectivity index (χ0n) is 9.09. The number of thioether (sulfide) groups is 1. The van der Waals surface area contributed by atoms with Crippen LogP contribution in [0.25, 0.3) is 0 Å². The van der Waals surface area contributed by atoms with Crippen LogP contribution < -0.4 is 5.32 Å². The smallest absolute Gasteiger partial charge is 0.261 e. The summed E-state index contributed by atoms with van der Waals surface area (Å²) in [5.41, 5.74) is 1.36. The largest absolute Gasteiger partial charge is 0.348 e. The minimum Gasteiger partial charge on any atom is -0.348 e. The van der Waals surface area contributed by atoms with Crippen molar-refractivity contribution in [3.63, 3.8) is 0 Å². The molecule has 0 fully saturated rings. The molecule has 0 saturated carbocycles. The van der Waals surface area contributed by atoms with Crippen molar-refractivity contribution in [1.29, 1.82) is 0 Å². The fraction of sp³-hybridized carbons (Fsp3) is 0.545. The summed E-state index contributed by atoms with van der Waals surface area (Å²) in [4.78, 5) is 14.2. The molecule has 1 atom stereocenters. The van der Waals surface area contributed by atoms with Gasteiger partial charge < -0.3 is 5.32 Å². The van der Waals surface area contributed by atoms with Crippen LogP contribution in [0.3, 0.4) is 0 Å². The van der Waals surface area contributed by atoms with Gasteiger partial charge in [-0.2, -0.15) is 11.8 Å². The number of amides is 1. The zero-order valence-corrected chi connectivity index (χ0v) is 12.3. The van der Waals surface area contributed by atoms with E-state index in [1.165, 1.54) is 16.2 Å². The Morgan fingerprint density at radius 2 is 2.50 bits per heavy atom. The average Bonchev–Trinajstić information content (AvgIpc) is 2.72. The topological polar surface area (TPSA) is 29.1 Å². The molecule has 2 nitrogen and oxygen atoms in total. The minimum absolute atomic E-state index is 0.0661. The number of carbonyl (C=O) groups excluding carboxylic acids is 1. The third-order valence-corrected chi connectivity index (χ3v) is 5.68. The van der Waals surface area contributed by atoms with E-state index in [1.807, 2.05) is 18.7 Å². The molecule has 2 heterocycles. The van der Waals surface area contributed by atoms with Crippen LogP contribution in [-0.4, -0.2) is 23.0 Å². The van der Waals surface area contributed by atoms with Crippen molar-refractivity contribution in [2.75, 3.05) is 11.1 Å². The first-order valence-corrected chi connectivity index (χ1v) is 8.36. The maximum absolute atomic E-state index is 11.9. The fourth-order valence-electron chi connectivity index (χ4n) is 1.59. The standard InChI is InChI=1S/C11H14BrNOS2/c1-7(5-12)13-11(14)10-4-8-6-15-3-2-9(8)16-10/h4,7H,2-3,5-6H2,1H3,(H,13,14). The molecule has 2 rings (SSSR count). The number of rotatable bonds is 3. The van der Waals surface area contributed by atoms with Gasteiger partial charge in [-0.05, 0) is 30.7 Å². The van der Waals surface area contributed by atoms with Gasteiger partial charge >= 0.3 is 0 Å². The molecule has 0 saturated heterocycles. The number of hydrogen-bond donors (Lipinski definition) is 1. The van der Waals surface area contributed by atoms with Crippen LogP contribution >= 0.6 is 39.0 Å². The van der Waals surface area contributed by atoms with Gasteiger partial charge in [0, 0.05) is 22.0 Å². The van der Waals surface area contributed by atoms with E-state index in [0.29, 0.717) is 0 Å². The molecule has 0 aliphatic carbocycles. The van der Waals surface area contributed by atoms with E-state index in [1.54, 1.807) is 11.3 Å². The van der Waals surface area contributed by atoms with Crippen molar-refractivity contribution in [2.24, 2.45) is 0 Å². The number of halogens is 1. The number of thiophene rings is 1. The highest BCUT2D eigenvalue weighted by molar-refractivity contribution is 9.09. The van der Waals surface area contributed by atoms with Gasteiger partial charge in [0.05, 0.1) is 4.88 Å². The predicted octanol–water partition coefficient (Wildman–Crippen LogP) is 3.05. The Labute approximate surface area is 112 Å². The third kappa shape index (κ3) is 2.81. The van der Waals surface area contributed by atoms with E-state index in [4.69, 9.17) is 0 Å². The van der Waals surface area contributed by atoms with Crippen LogP contribution in [-0.2, 0) is 12.2 Å². The lowest BCUT2D eigenvalue weighted by molar-refractivity contribution is 0.0948. The number of carbonyl (C=O) groups is 1. The van der Waals surface area contributed by atoms with Gasteiger partial charge in [0.25, 0.3) is 5.91 Å². The molecule has 1 amide bonds. The minimum atomic E-state index is 0.0661. The average molecular weight is 320 g/mol. The van der Waals surface area contributed by atoms with E-state index in [9.17, 15) is 4.79 Å². The Hall–Kier alpha value is -0.000000000000000111. The highest BCUT2D eigenvalue weighted by Crippen LogP contribution is 2.31. The number of nitrogens with one attached hydrogen (secondary N) is 1. The molecule has 1 aliphatic heterocycles. The molecule has 5 heteroatoms. The molecule has 0 radical (unpaired) electrons. The molecule has 1 unspecified atom stereocenters. The molecule has 16 heavy (non-hydrogen) atoms. The fourth-order valence-corrected chi connectivity index (χ4v) is 4.03. The molecular formula is C11H14BrNOS2. The number of aryl methyl sites for hydroxylation is 1. The summed E-state index contributed by atoms with van der Waals surface area (Å²) in [6.45, 7) is 2.00. The van der Waals surface area contributed by atoms with Crippen molar-refractivity contribution in [3.05, 3.63) is 21.4 Å². The number of hydrogen-bond acceptors (Lipinski definition) is 3. The molecule has 0 bridgehead atoms. The molecule has 1 aromatic heterocycles. The van der Waals surface area contributed by atoms with Gasteiger partial charge in [-0.15, -0.1) is 11.3 Å². The molecule has 1 N–H and O–H groups in total. The van der Waals surface area contributed by atoms with Gasteiger partial charge in [0.2, 0.25) is 0 Å². The third-order valence-electron chi connectivity index (χ3n) is 2.46. The molecular weight excluding hydrogens is 306 g/mol. The number of alkyl halides is 1. The first-order valence-electron chi connectivity index (χ1n) is 5.27. The highest BCUT2D eigenvalue weighted by Gasteiger charge is 2.18. The monoisotopic (exact) mass is 319 g/mol. The Balaban J connectivity index is 2.09. The highest BCUT2D eigenvalue weighted by atomic mass is 79.9. The first kappa shape index (κ1) is 12.5. The van der Waals surface area contributed by atoms with Crippen LogP contribution in [0.1, 0.15) is 27.0 Å². The predicted molar refractivity (Wildman–Crippen MR) is 74.9 cm³/mol. The second kappa shape index (κ2) is 5.56. The van der Waals surface area contributed by atoms with Crippen LogP contribution in [0.2, 0.25) is 0 Å². The van der Waals surface area contributed by atoms with Crippen molar-refractivity contribution < 1.29 is 4.79 Å². The molecule has 1 aromatic rings. The normalized spacial score (nSPS) is 16.6. The Kier molecular flexibility index (Phi) is 4.33. The second-order valence-corrected chi connectivity index (χ2v) is 6.78. The van der Waals surface area contributed by atoms with Gasteiger partial charge in [0.1, 0.15) is 0 Å². The molecule has 0 aromatic carbocycles. The summed E-state index contributed by atoms with van der Waals surface area (Å²) in [7, 11) is 0. The van der Waals surface area contributed by atoms with Gasteiger partial charge in [-0.3, -0.25) is 4.79 Å². The van der Waals surface area contributed by atoms with Crippen molar-refractivity contribution in [2.45, 2.75) is 25.1 Å². The lowest BCUT2D eigenvalue weighted by Crippen LogP contribution is -2.33. The van der Waals surface area contributed by atoms with Gasteiger partial charge in [0.15, 0.2) is 0 Å². The van der Waals surface area contributed by atoms with Crippen molar-refractivity contribution >= 4 is 44.9 Å². The van der Waals surface area contributed by atoms with Crippen LogP contribution in [0, 0.1) is 0 Å². The van der Waals surface area contributed by atoms with Crippen LogP contribution in [0.4, 0.5) is 0 Å². The van der Waals surface area contributed by atoms with E-state index < -0.39 is 0 Å². The van der Waals surface area contributed by atoms with Gasteiger partial charge in [-0.1, -0.05) is 15.9 Å². The molecule has 1 aliphatic rings. The Morgan fingerprint density at radius 1 is 1.69 bits per heavy atom. The zero-order chi connectivity index (χ0) is 11.5. The summed E-state index contributed by atoms with van der Waals surface area (Å²) in [6, 6.07) is 2.24.